The average Bonchev–Trinajstić information content (AvgIpc) is 3.23. The second-order valence-electron chi connectivity index (χ2n) is 8.88. The SMILES string of the molecule is COc1ccc(-c2cc(C3CN4CCC3CC4CNC(=O)CSCC(=O)O)n(C)n2)cc1OC. The number of methoxy groups -OCH3 is 2. The molecule has 1 aromatic carbocycles. The first-order chi connectivity index (χ1) is 16.4. The molecule has 1 amide bonds. The molecular formula is C24H32N4O5S. The minimum atomic E-state index is -0.899. The number of carboxylic acids is 1. The van der Waals surface area contributed by atoms with Crippen LogP contribution in [0.3, 0.4) is 0 Å². The summed E-state index contributed by atoms with van der Waals surface area (Å²) in [6.45, 7) is 2.59. The summed E-state index contributed by atoms with van der Waals surface area (Å²) in [6.07, 6.45) is 2.17. The van der Waals surface area contributed by atoms with Crippen molar-refractivity contribution in [1.29, 1.82) is 0 Å². The van der Waals surface area contributed by atoms with Gasteiger partial charge in [-0.05, 0) is 49.6 Å². The molecule has 184 valence electrons. The van der Waals surface area contributed by atoms with E-state index >= 15 is 0 Å². The molecule has 1 aromatic heterocycles. The molecule has 0 saturated carbocycles. The first-order valence-corrected chi connectivity index (χ1v) is 12.6. The van der Waals surface area contributed by atoms with Crippen LogP contribution in [-0.4, -0.2) is 83.1 Å². The van der Waals surface area contributed by atoms with Gasteiger partial charge in [0, 0.05) is 43.4 Å². The third kappa shape index (κ3) is 5.33. The maximum Gasteiger partial charge on any atom is 0.313 e. The van der Waals surface area contributed by atoms with E-state index in [4.69, 9.17) is 19.7 Å². The van der Waals surface area contributed by atoms with Crippen LogP contribution in [0.5, 0.6) is 11.5 Å². The van der Waals surface area contributed by atoms with E-state index in [0.717, 1.165) is 49.0 Å². The smallest absolute Gasteiger partial charge is 0.313 e. The highest BCUT2D eigenvalue weighted by Gasteiger charge is 2.41. The molecule has 4 heterocycles. The lowest BCUT2D eigenvalue weighted by Gasteiger charge is -2.50. The van der Waals surface area contributed by atoms with Crippen LogP contribution in [-0.2, 0) is 16.6 Å². The minimum Gasteiger partial charge on any atom is -0.493 e. The van der Waals surface area contributed by atoms with Crippen LogP contribution in [0.25, 0.3) is 11.3 Å². The molecule has 2 N–H and O–H groups in total. The molecule has 9 nitrogen and oxygen atoms in total. The lowest BCUT2D eigenvalue weighted by atomic mass is 9.74. The van der Waals surface area contributed by atoms with Gasteiger partial charge in [0.15, 0.2) is 11.5 Å². The number of carboxylic acid groups (broad SMARTS) is 1. The monoisotopic (exact) mass is 488 g/mol. The predicted octanol–water partition coefficient (Wildman–Crippen LogP) is 2.22. The number of nitrogens with zero attached hydrogens (tertiary/aromatic N) is 3. The molecule has 2 bridgehead atoms. The Bertz CT molecular complexity index is 1040. The number of aliphatic carboxylic acids is 1. The topological polar surface area (TPSA) is 106 Å². The molecule has 3 aliphatic rings. The molecule has 3 saturated heterocycles. The van der Waals surface area contributed by atoms with Gasteiger partial charge in [-0.3, -0.25) is 19.2 Å². The standard InChI is InChI=1S/C24H32N4O5S/c1-27-20(10-19(26-27)16-4-5-21(32-2)22(9-16)33-3)18-12-28-7-6-15(18)8-17(28)11-25-23(29)13-34-14-24(30)31/h4-5,9-10,15,17-18H,6-8,11-14H2,1-3H3,(H,25,29)(H,30,31). The molecule has 3 fully saturated rings. The molecule has 4 unspecified atom stereocenters. The molecule has 0 radical (unpaired) electrons. The summed E-state index contributed by atoms with van der Waals surface area (Å²) >= 11 is 1.13. The Morgan fingerprint density at radius 1 is 1.21 bits per heavy atom. The number of fused-ring (bicyclic) bond motifs is 3. The number of amides is 1. The van der Waals surface area contributed by atoms with E-state index in [-0.39, 0.29) is 17.4 Å². The molecule has 34 heavy (non-hydrogen) atoms. The summed E-state index contributed by atoms with van der Waals surface area (Å²) in [5.41, 5.74) is 3.13. The zero-order chi connectivity index (χ0) is 24.2. The maximum absolute atomic E-state index is 12.1. The van der Waals surface area contributed by atoms with Gasteiger partial charge in [-0.1, -0.05) is 0 Å². The molecule has 4 atom stereocenters. The zero-order valence-electron chi connectivity index (χ0n) is 19.8. The molecule has 5 rings (SSSR count). The highest BCUT2D eigenvalue weighted by Crippen LogP contribution is 2.42. The number of aryl methyl sites for hydroxylation is 1. The van der Waals surface area contributed by atoms with Crippen molar-refractivity contribution in [3.8, 4) is 22.8 Å². The van der Waals surface area contributed by atoms with Gasteiger partial charge >= 0.3 is 5.97 Å². The largest absolute Gasteiger partial charge is 0.493 e. The van der Waals surface area contributed by atoms with Gasteiger partial charge in [0.05, 0.1) is 31.4 Å². The molecule has 10 heteroatoms. The second kappa shape index (κ2) is 10.7. The summed E-state index contributed by atoms with van der Waals surface area (Å²) in [6, 6.07) is 8.36. The van der Waals surface area contributed by atoms with Crippen LogP contribution >= 0.6 is 11.8 Å². The third-order valence-electron chi connectivity index (χ3n) is 6.85. The van der Waals surface area contributed by atoms with E-state index < -0.39 is 5.97 Å². The Balaban J connectivity index is 1.39. The van der Waals surface area contributed by atoms with Crippen LogP contribution in [0.15, 0.2) is 24.3 Å². The number of ether oxygens (including phenoxy) is 2. The Labute approximate surface area is 203 Å². The number of rotatable bonds is 10. The van der Waals surface area contributed by atoms with Crippen molar-refractivity contribution in [1.82, 2.24) is 20.0 Å². The lowest BCUT2D eigenvalue weighted by Crippen LogP contribution is -2.56. The number of thioether (sulfide) groups is 1. The summed E-state index contributed by atoms with van der Waals surface area (Å²) in [5, 5.41) is 16.5. The third-order valence-corrected chi connectivity index (χ3v) is 7.76. The number of nitrogens with one attached hydrogen (secondary N) is 1. The normalized spacial score (nSPS) is 23.5. The molecule has 3 aliphatic heterocycles. The summed E-state index contributed by atoms with van der Waals surface area (Å²) in [7, 11) is 5.26. The summed E-state index contributed by atoms with van der Waals surface area (Å²) in [4.78, 5) is 25.1. The van der Waals surface area contributed by atoms with Crippen molar-refractivity contribution in [3.05, 3.63) is 30.0 Å². The Morgan fingerprint density at radius 2 is 2.00 bits per heavy atom. The summed E-state index contributed by atoms with van der Waals surface area (Å²) in [5.74, 6) is 1.45. The van der Waals surface area contributed by atoms with Crippen LogP contribution in [0, 0.1) is 5.92 Å². The van der Waals surface area contributed by atoms with E-state index in [2.05, 4.69) is 16.3 Å². The van der Waals surface area contributed by atoms with Crippen molar-refractivity contribution in [2.24, 2.45) is 13.0 Å². The Hall–Kier alpha value is -2.72. The predicted molar refractivity (Wildman–Crippen MR) is 131 cm³/mol. The highest BCUT2D eigenvalue weighted by molar-refractivity contribution is 8.00. The zero-order valence-corrected chi connectivity index (χ0v) is 20.6. The molecular weight excluding hydrogens is 456 g/mol. The van der Waals surface area contributed by atoms with Crippen molar-refractivity contribution in [2.75, 3.05) is 45.4 Å². The highest BCUT2D eigenvalue weighted by atomic mass is 32.2. The van der Waals surface area contributed by atoms with Gasteiger partial charge in [0.1, 0.15) is 0 Å². The van der Waals surface area contributed by atoms with Crippen LogP contribution < -0.4 is 14.8 Å². The van der Waals surface area contributed by atoms with E-state index in [1.54, 1.807) is 14.2 Å². The fourth-order valence-corrected chi connectivity index (χ4v) is 5.73. The maximum atomic E-state index is 12.1. The molecule has 2 aromatic rings. The number of aromatic nitrogens is 2. The van der Waals surface area contributed by atoms with Gasteiger partial charge < -0.3 is 19.9 Å². The Kier molecular flexibility index (Phi) is 7.67. The van der Waals surface area contributed by atoms with Gasteiger partial charge in [-0.25, -0.2) is 0 Å². The Morgan fingerprint density at radius 3 is 2.68 bits per heavy atom. The number of carbonyl (C=O) groups excluding carboxylic acids is 1. The number of hydrogen-bond acceptors (Lipinski definition) is 7. The van der Waals surface area contributed by atoms with Crippen molar-refractivity contribution >= 4 is 23.6 Å². The number of hydrogen-bond donors (Lipinski definition) is 2. The fraction of sp³-hybridized carbons (Fsp3) is 0.542. The van der Waals surface area contributed by atoms with Crippen molar-refractivity contribution in [2.45, 2.75) is 24.8 Å². The number of carbonyl (C=O) groups is 2. The molecule has 0 aliphatic carbocycles. The minimum absolute atomic E-state index is 0.0529. The first kappa shape index (κ1) is 24.4. The second-order valence-corrected chi connectivity index (χ2v) is 9.86. The quantitative estimate of drug-likeness (QED) is 0.525. The van der Waals surface area contributed by atoms with Gasteiger partial charge in [0.25, 0.3) is 0 Å². The number of benzene rings is 1. The molecule has 0 spiro atoms. The number of piperidine rings is 3. The lowest BCUT2D eigenvalue weighted by molar-refractivity contribution is -0.133. The van der Waals surface area contributed by atoms with E-state index in [1.165, 1.54) is 5.69 Å². The van der Waals surface area contributed by atoms with Crippen LogP contribution in [0.4, 0.5) is 0 Å². The first-order valence-electron chi connectivity index (χ1n) is 11.5. The summed E-state index contributed by atoms with van der Waals surface area (Å²) < 4.78 is 12.8. The van der Waals surface area contributed by atoms with Crippen molar-refractivity contribution < 1.29 is 24.2 Å². The van der Waals surface area contributed by atoms with Gasteiger partial charge in [-0.15, -0.1) is 11.8 Å². The van der Waals surface area contributed by atoms with Crippen LogP contribution in [0.2, 0.25) is 0 Å². The van der Waals surface area contributed by atoms with E-state index in [9.17, 15) is 9.59 Å². The van der Waals surface area contributed by atoms with Gasteiger partial charge in [-0.2, -0.15) is 5.10 Å². The van der Waals surface area contributed by atoms with Crippen molar-refractivity contribution in [3.63, 3.8) is 0 Å². The average molecular weight is 489 g/mol. The van der Waals surface area contributed by atoms with Crippen LogP contribution in [0.1, 0.15) is 24.5 Å². The van der Waals surface area contributed by atoms with E-state index in [0.29, 0.717) is 35.9 Å². The fourth-order valence-electron chi connectivity index (χ4n) is 5.16. The van der Waals surface area contributed by atoms with Gasteiger partial charge in [0.2, 0.25) is 5.91 Å². The van der Waals surface area contributed by atoms with E-state index in [1.807, 2.05) is 29.9 Å².